The maximum Gasteiger partial charge on any atom is 0.337 e. The van der Waals surface area contributed by atoms with Gasteiger partial charge < -0.3 is 19.5 Å². The predicted molar refractivity (Wildman–Crippen MR) is 98.5 cm³/mol. The van der Waals surface area contributed by atoms with Crippen LogP contribution in [0.4, 0.5) is 11.4 Å². The summed E-state index contributed by atoms with van der Waals surface area (Å²) in [6.45, 7) is 3.03. The molecule has 6 heteroatoms. The number of anilines is 2. The van der Waals surface area contributed by atoms with Gasteiger partial charge >= 0.3 is 5.97 Å². The molecule has 2 aromatic carbocycles. The zero-order valence-electron chi connectivity index (χ0n) is 14.5. The van der Waals surface area contributed by atoms with Crippen LogP contribution in [0.1, 0.15) is 16.1 Å². The molecule has 0 aliphatic carbocycles. The van der Waals surface area contributed by atoms with Gasteiger partial charge in [-0.3, -0.25) is 4.98 Å². The van der Waals surface area contributed by atoms with Crippen molar-refractivity contribution in [2.24, 2.45) is 0 Å². The smallest absolute Gasteiger partial charge is 0.337 e. The lowest BCUT2D eigenvalue weighted by molar-refractivity contribution is 0.0601. The molecule has 0 saturated heterocycles. The first-order valence-corrected chi connectivity index (χ1v) is 8.30. The van der Waals surface area contributed by atoms with E-state index in [4.69, 9.17) is 14.2 Å². The summed E-state index contributed by atoms with van der Waals surface area (Å²) in [5.41, 5.74) is 3.89. The number of rotatable bonds is 3. The lowest BCUT2D eigenvalue weighted by atomic mass is 10.1. The molecule has 1 N–H and O–H groups in total. The Kier molecular flexibility index (Phi) is 4.08. The van der Waals surface area contributed by atoms with Crippen molar-refractivity contribution >= 4 is 28.2 Å². The topological polar surface area (TPSA) is 69.7 Å². The molecule has 0 amide bonds. The summed E-state index contributed by atoms with van der Waals surface area (Å²) in [6, 6.07) is 13.0. The standard InChI is InChI=1S/C20H18N2O4/c1-12-9-17(15-10-13(20(23)24-2)3-5-16(15)21-12)22-14-4-6-18-19(11-14)26-8-7-25-18/h3-6,9-11H,7-8H2,1-2H3,(H,21,22). The second-order valence-electron chi connectivity index (χ2n) is 6.02. The van der Waals surface area contributed by atoms with Crippen molar-refractivity contribution in [3.05, 3.63) is 53.7 Å². The maximum atomic E-state index is 11.9. The Hall–Kier alpha value is -3.28. The minimum absolute atomic E-state index is 0.377. The van der Waals surface area contributed by atoms with E-state index in [1.807, 2.05) is 37.3 Å². The van der Waals surface area contributed by atoms with Gasteiger partial charge in [0, 0.05) is 28.5 Å². The molecule has 0 unspecified atom stereocenters. The van der Waals surface area contributed by atoms with Gasteiger partial charge in [0.15, 0.2) is 11.5 Å². The van der Waals surface area contributed by atoms with Crippen LogP contribution in [0.25, 0.3) is 10.9 Å². The van der Waals surface area contributed by atoms with Gasteiger partial charge in [0.2, 0.25) is 0 Å². The number of aromatic nitrogens is 1. The molecule has 1 aliphatic heterocycles. The summed E-state index contributed by atoms with van der Waals surface area (Å²) >= 11 is 0. The number of pyridine rings is 1. The molecule has 1 aliphatic rings. The molecule has 26 heavy (non-hydrogen) atoms. The zero-order valence-corrected chi connectivity index (χ0v) is 14.5. The van der Waals surface area contributed by atoms with Gasteiger partial charge in [0.25, 0.3) is 0 Å². The van der Waals surface area contributed by atoms with Crippen LogP contribution in [0.5, 0.6) is 11.5 Å². The van der Waals surface area contributed by atoms with Gasteiger partial charge in [0.05, 0.1) is 18.2 Å². The summed E-state index contributed by atoms with van der Waals surface area (Å²) < 4.78 is 16.0. The van der Waals surface area contributed by atoms with Crippen LogP contribution in [0.3, 0.4) is 0 Å². The summed E-state index contributed by atoms with van der Waals surface area (Å²) in [4.78, 5) is 16.4. The molecular formula is C20H18N2O4. The number of nitrogens with zero attached hydrogens (tertiary/aromatic N) is 1. The fourth-order valence-electron chi connectivity index (χ4n) is 2.98. The van der Waals surface area contributed by atoms with E-state index >= 15 is 0 Å². The van der Waals surface area contributed by atoms with Crippen molar-refractivity contribution in [1.29, 1.82) is 0 Å². The number of hydrogen-bond donors (Lipinski definition) is 1. The Morgan fingerprint density at radius 2 is 1.88 bits per heavy atom. The molecular weight excluding hydrogens is 332 g/mol. The Bertz CT molecular complexity index is 1000. The summed E-state index contributed by atoms with van der Waals surface area (Å²) in [5, 5.41) is 4.24. The number of esters is 1. The number of ether oxygens (including phenoxy) is 3. The highest BCUT2D eigenvalue weighted by Gasteiger charge is 2.14. The molecule has 2 heterocycles. The monoisotopic (exact) mass is 350 g/mol. The highest BCUT2D eigenvalue weighted by Crippen LogP contribution is 2.35. The first kappa shape index (κ1) is 16.2. The van der Waals surface area contributed by atoms with Gasteiger partial charge in [-0.25, -0.2) is 4.79 Å². The Balaban J connectivity index is 1.76. The second kappa shape index (κ2) is 6.55. The number of benzene rings is 2. The number of fused-ring (bicyclic) bond motifs is 2. The van der Waals surface area contributed by atoms with Crippen LogP contribution in [0.15, 0.2) is 42.5 Å². The average Bonchev–Trinajstić information content (AvgIpc) is 2.67. The van der Waals surface area contributed by atoms with Crippen LogP contribution in [0, 0.1) is 6.92 Å². The summed E-state index contributed by atoms with van der Waals surface area (Å²) in [7, 11) is 1.37. The average molecular weight is 350 g/mol. The molecule has 0 bridgehead atoms. The molecule has 0 saturated carbocycles. The van der Waals surface area contributed by atoms with Crippen molar-refractivity contribution in [3.8, 4) is 11.5 Å². The Morgan fingerprint density at radius 3 is 2.69 bits per heavy atom. The second-order valence-corrected chi connectivity index (χ2v) is 6.02. The van der Waals surface area contributed by atoms with Gasteiger partial charge in [-0.15, -0.1) is 0 Å². The van der Waals surface area contributed by atoms with Gasteiger partial charge in [0.1, 0.15) is 13.2 Å². The summed E-state index contributed by atoms with van der Waals surface area (Å²) in [5.74, 6) is 1.08. The fourth-order valence-corrected chi connectivity index (χ4v) is 2.98. The predicted octanol–water partition coefficient (Wildman–Crippen LogP) is 3.84. The van der Waals surface area contributed by atoms with Crippen molar-refractivity contribution in [2.75, 3.05) is 25.6 Å². The first-order chi connectivity index (χ1) is 12.6. The highest BCUT2D eigenvalue weighted by atomic mass is 16.6. The third kappa shape index (κ3) is 3.01. The molecule has 6 nitrogen and oxygen atoms in total. The van der Waals surface area contributed by atoms with E-state index in [1.165, 1.54) is 7.11 Å². The molecule has 4 rings (SSSR count). The third-order valence-electron chi connectivity index (χ3n) is 4.18. The Morgan fingerprint density at radius 1 is 1.08 bits per heavy atom. The quantitative estimate of drug-likeness (QED) is 0.724. The van der Waals surface area contributed by atoms with E-state index < -0.39 is 0 Å². The molecule has 0 atom stereocenters. The van der Waals surface area contributed by atoms with Gasteiger partial charge in [-0.05, 0) is 43.3 Å². The van der Waals surface area contributed by atoms with Crippen molar-refractivity contribution < 1.29 is 19.0 Å². The fraction of sp³-hybridized carbons (Fsp3) is 0.200. The number of hydrogen-bond acceptors (Lipinski definition) is 6. The zero-order chi connectivity index (χ0) is 18.1. The lowest BCUT2D eigenvalue weighted by Crippen LogP contribution is -2.15. The normalized spacial score (nSPS) is 12.7. The SMILES string of the molecule is COC(=O)c1ccc2nc(C)cc(Nc3ccc4c(c3)OCCO4)c2c1. The van der Waals surface area contributed by atoms with E-state index in [0.717, 1.165) is 33.7 Å². The molecule has 3 aromatic rings. The van der Waals surface area contributed by atoms with E-state index in [-0.39, 0.29) is 5.97 Å². The van der Waals surface area contributed by atoms with Crippen LogP contribution < -0.4 is 14.8 Å². The Labute approximate surface area is 150 Å². The van der Waals surface area contributed by atoms with Crippen molar-refractivity contribution in [2.45, 2.75) is 6.92 Å². The van der Waals surface area contributed by atoms with Crippen LogP contribution >= 0.6 is 0 Å². The number of aryl methyl sites for hydroxylation is 1. The lowest BCUT2D eigenvalue weighted by Gasteiger charge is -2.19. The highest BCUT2D eigenvalue weighted by molar-refractivity contribution is 5.99. The number of carbonyl (C=O) groups excluding carboxylic acids is 1. The van der Waals surface area contributed by atoms with Gasteiger partial charge in [-0.1, -0.05) is 0 Å². The largest absolute Gasteiger partial charge is 0.486 e. The number of carbonyl (C=O) groups is 1. The molecule has 132 valence electrons. The van der Waals surface area contributed by atoms with E-state index in [9.17, 15) is 4.79 Å². The van der Waals surface area contributed by atoms with Crippen molar-refractivity contribution in [3.63, 3.8) is 0 Å². The number of methoxy groups -OCH3 is 1. The van der Waals surface area contributed by atoms with Crippen LogP contribution in [0.2, 0.25) is 0 Å². The van der Waals surface area contributed by atoms with Crippen molar-refractivity contribution in [1.82, 2.24) is 4.98 Å². The molecule has 0 fully saturated rings. The first-order valence-electron chi connectivity index (χ1n) is 8.30. The van der Waals surface area contributed by atoms with Gasteiger partial charge in [-0.2, -0.15) is 0 Å². The van der Waals surface area contributed by atoms with Crippen LogP contribution in [-0.4, -0.2) is 31.3 Å². The van der Waals surface area contributed by atoms with Crippen LogP contribution in [-0.2, 0) is 4.74 Å². The third-order valence-corrected chi connectivity index (χ3v) is 4.18. The number of nitrogens with one attached hydrogen (secondary N) is 1. The molecule has 0 radical (unpaired) electrons. The summed E-state index contributed by atoms with van der Waals surface area (Å²) in [6.07, 6.45) is 0. The van der Waals surface area contributed by atoms with E-state index in [1.54, 1.807) is 12.1 Å². The minimum Gasteiger partial charge on any atom is -0.486 e. The van der Waals surface area contributed by atoms with E-state index in [0.29, 0.717) is 24.5 Å². The van der Waals surface area contributed by atoms with E-state index in [2.05, 4.69) is 10.3 Å². The minimum atomic E-state index is -0.377. The maximum absolute atomic E-state index is 11.9. The molecule has 0 spiro atoms. The molecule has 1 aromatic heterocycles.